The van der Waals surface area contributed by atoms with Crippen molar-refractivity contribution >= 4 is 28.3 Å². The van der Waals surface area contributed by atoms with Crippen LogP contribution in [0.4, 0.5) is 0 Å². The monoisotopic (exact) mass is 364 g/mol. The number of aromatic nitrogens is 1. The second-order valence-electron chi connectivity index (χ2n) is 6.90. The molecular formula is C22H21ClN2O. The van der Waals surface area contributed by atoms with Crippen molar-refractivity contribution in [3.63, 3.8) is 0 Å². The van der Waals surface area contributed by atoms with Crippen LogP contribution in [0.15, 0.2) is 60.8 Å². The van der Waals surface area contributed by atoms with E-state index in [1.54, 1.807) is 0 Å². The van der Waals surface area contributed by atoms with E-state index in [-0.39, 0.29) is 5.91 Å². The van der Waals surface area contributed by atoms with Crippen LogP contribution in [0.5, 0.6) is 0 Å². The second-order valence-corrected chi connectivity index (χ2v) is 7.31. The standard InChI is InChI=1S/C22H21ClN2O/c23-20-10-4-3-7-17(20)13-22(26)25-11-5-9-19(15-25)21-12-16-6-1-2-8-18(16)14-24-21/h1-4,6-8,10,12,14,19H,5,9,11,13,15H2. The number of hydrogen-bond acceptors (Lipinski definition) is 2. The Labute approximate surface area is 158 Å². The predicted octanol–water partition coefficient (Wildman–Crippen LogP) is 4.84. The lowest BCUT2D eigenvalue weighted by Gasteiger charge is -2.32. The highest BCUT2D eigenvalue weighted by molar-refractivity contribution is 6.31. The van der Waals surface area contributed by atoms with Gasteiger partial charge in [-0.25, -0.2) is 0 Å². The Morgan fingerprint density at radius 1 is 1.12 bits per heavy atom. The van der Waals surface area contributed by atoms with Gasteiger partial charge >= 0.3 is 0 Å². The smallest absolute Gasteiger partial charge is 0.227 e. The molecule has 132 valence electrons. The SMILES string of the molecule is O=C(Cc1ccccc1Cl)N1CCCC(c2cc3ccccc3cn2)C1. The zero-order valence-electron chi connectivity index (χ0n) is 14.6. The van der Waals surface area contributed by atoms with E-state index >= 15 is 0 Å². The molecule has 3 nitrogen and oxygen atoms in total. The first kappa shape index (κ1) is 17.0. The number of carbonyl (C=O) groups is 1. The zero-order chi connectivity index (χ0) is 17.9. The highest BCUT2D eigenvalue weighted by Crippen LogP contribution is 2.28. The lowest BCUT2D eigenvalue weighted by Crippen LogP contribution is -2.40. The van der Waals surface area contributed by atoms with Crippen molar-refractivity contribution in [3.8, 4) is 0 Å². The summed E-state index contributed by atoms with van der Waals surface area (Å²) >= 11 is 6.21. The van der Waals surface area contributed by atoms with E-state index in [2.05, 4.69) is 23.2 Å². The first-order chi connectivity index (χ1) is 12.7. The number of carbonyl (C=O) groups excluding carboxylic acids is 1. The number of nitrogens with zero attached hydrogens (tertiary/aromatic N) is 2. The molecule has 2 aromatic carbocycles. The number of pyridine rings is 1. The van der Waals surface area contributed by atoms with Crippen LogP contribution in [0.1, 0.15) is 30.0 Å². The van der Waals surface area contributed by atoms with Gasteiger partial charge in [0, 0.05) is 41.3 Å². The number of benzene rings is 2. The molecule has 4 heteroatoms. The fourth-order valence-corrected chi connectivity index (χ4v) is 3.89. The fraction of sp³-hybridized carbons (Fsp3) is 0.273. The summed E-state index contributed by atoms with van der Waals surface area (Å²) in [5.41, 5.74) is 1.98. The van der Waals surface area contributed by atoms with Gasteiger partial charge in [-0.3, -0.25) is 9.78 Å². The molecule has 0 aliphatic carbocycles. The van der Waals surface area contributed by atoms with Gasteiger partial charge in [0.1, 0.15) is 0 Å². The molecule has 0 radical (unpaired) electrons. The number of halogens is 1. The highest BCUT2D eigenvalue weighted by Gasteiger charge is 2.26. The molecule has 1 unspecified atom stereocenters. The number of likely N-dealkylation sites (tertiary alicyclic amines) is 1. The number of fused-ring (bicyclic) bond motifs is 1. The Balaban J connectivity index is 1.49. The quantitative estimate of drug-likeness (QED) is 0.666. The molecule has 26 heavy (non-hydrogen) atoms. The van der Waals surface area contributed by atoms with Crippen molar-refractivity contribution in [2.75, 3.05) is 13.1 Å². The van der Waals surface area contributed by atoms with Gasteiger partial charge in [0.05, 0.1) is 6.42 Å². The molecule has 0 spiro atoms. The molecule has 1 atom stereocenters. The molecule has 1 amide bonds. The third-order valence-corrected chi connectivity index (χ3v) is 5.51. The summed E-state index contributed by atoms with van der Waals surface area (Å²) in [5.74, 6) is 0.437. The Kier molecular flexibility index (Phi) is 4.89. The van der Waals surface area contributed by atoms with E-state index in [0.29, 0.717) is 17.4 Å². The van der Waals surface area contributed by atoms with Gasteiger partial charge in [0.2, 0.25) is 5.91 Å². The van der Waals surface area contributed by atoms with E-state index < -0.39 is 0 Å². The largest absolute Gasteiger partial charge is 0.342 e. The van der Waals surface area contributed by atoms with Crippen molar-refractivity contribution in [1.82, 2.24) is 9.88 Å². The summed E-state index contributed by atoms with van der Waals surface area (Å²) < 4.78 is 0. The molecule has 3 aromatic rings. The van der Waals surface area contributed by atoms with Crippen LogP contribution in [0.2, 0.25) is 5.02 Å². The summed E-state index contributed by atoms with van der Waals surface area (Å²) in [7, 11) is 0. The van der Waals surface area contributed by atoms with Crippen LogP contribution in [-0.4, -0.2) is 28.9 Å². The van der Waals surface area contributed by atoms with Gasteiger partial charge in [-0.2, -0.15) is 0 Å². The molecule has 0 bridgehead atoms. The minimum absolute atomic E-state index is 0.142. The summed E-state index contributed by atoms with van der Waals surface area (Å²) in [6, 6.07) is 18.0. The van der Waals surface area contributed by atoms with Crippen LogP contribution >= 0.6 is 11.6 Å². The topological polar surface area (TPSA) is 33.2 Å². The molecule has 1 fully saturated rings. The lowest BCUT2D eigenvalue weighted by atomic mass is 9.93. The van der Waals surface area contributed by atoms with Crippen molar-refractivity contribution in [2.24, 2.45) is 0 Å². The van der Waals surface area contributed by atoms with Crippen LogP contribution in [0.25, 0.3) is 10.8 Å². The maximum Gasteiger partial charge on any atom is 0.227 e. The third-order valence-electron chi connectivity index (χ3n) is 5.14. The molecule has 1 aliphatic heterocycles. The predicted molar refractivity (Wildman–Crippen MR) is 105 cm³/mol. The normalized spacial score (nSPS) is 17.4. The number of amides is 1. The average Bonchev–Trinajstić information content (AvgIpc) is 2.69. The minimum atomic E-state index is 0.142. The average molecular weight is 365 g/mol. The fourth-order valence-electron chi connectivity index (χ4n) is 3.69. The first-order valence-corrected chi connectivity index (χ1v) is 9.44. The van der Waals surface area contributed by atoms with Gasteiger partial charge in [0.25, 0.3) is 0 Å². The van der Waals surface area contributed by atoms with Gasteiger partial charge in [-0.05, 0) is 35.9 Å². The number of hydrogen-bond donors (Lipinski definition) is 0. The molecule has 1 aliphatic rings. The Morgan fingerprint density at radius 3 is 2.73 bits per heavy atom. The van der Waals surface area contributed by atoms with Gasteiger partial charge in [-0.1, -0.05) is 54.1 Å². The molecule has 4 rings (SSSR count). The van der Waals surface area contributed by atoms with E-state index in [9.17, 15) is 4.79 Å². The molecule has 2 heterocycles. The molecule has 1 saturated heterocycles. The second kappa shape index (κ2) is 7.46. The van der Waals surface area contributed by atoms with E-state index in [0.717, 1.165) is 42.6 Å². The van der Waals surface area contributed by atoms with Crippen LogP contribution in [-0.2, 0) is 11.2 Å². The number of rotatable bonds is 3. The minimum Gasteiger partial charge on any atom is -0.342 e. The van der Waals surface area contributed by atoms with E-state index in [1.807, 2.05) is 47.5 Å². The first-order valence-electron chi connectivity index (χ1n) is 9.06. The van der Waals surface area contributed by atoms with Gasteiger partial charge in [-0.15, -0.1) is 0 Å². The van der Waals surface area contributed by atoms with Crippen molar-refractivity contribution in [3.05, 3.63) is 77.1 Å². The maximum atomic E-state index is 12.8. The molecular weight excluding hydrogens is 344 g/mol. The van der Waals surface area contributed by atoms with E-state index in [1.165, 1.54) is 5.39 Å². The third kappa shape index (κ3) is 3.58. The zero-order valence-corrected chi connectivity index (χ0v) is 15.3. The summed E-state index contributed by atoms with van der Waals surface area (Å²) in [4.78, 5) is 19.4. The highest BCUT2D eigenvalue weighted by atomic mass is 35.5. The number of piperidine rings is 1. The summed E-state index contributed by atoms with van der Waals surface area (Å²) in [6.07, 6.45) is 4.38. The van der Waals surface area contributed by atoms with Gasteiger partial charge in [0.15, 0.2) is 0 Å². The molecule has 1 aromatic heterocycles. The molecule has 0 saturated carbocycles. The van der Waals surface area contributed by atoms with Crippen LogP contribution in [0.3, 0.4) is 0 Å². The molecule has 0 N–H and O–H groups in total. The van der Waals surface area contributed by atoms with Crippen LogP contribution < -0.4 is 0 Å². The van der Waals surface area contributed by atoms with Gasteiger partial charge < -0.3 is 4.90 Å². The maximum absolute atomic E-state index is 12.8. The van der Waals surface area contributed by atoms with E-state index in [4.69, 9.17) is 11.6 Å². The van der Waals surface area contributed by atoms with Crippen LogP contribution in [0, 0.1) is 0 Å². The Bertz CT molecular complexity index is 940. The Hall–Kier alpha value is -2.39. The Morgan fingerprint density at radius 2 is 1.88 bits per heavy atom. The van der Waals surface area contributed by atoms with Crippen molar-refractivity contribution in [2.45, 2.75) is 25.2 Å². The van der Waals surface area contributed by atoms with Crippen molar-refractivity contribution in [1.29, 1.82) is 0 Å². The van der Waals surface area contributed by atoms with Crippen molar-refractivity contribution < 1.29 is 4.79 Å². The summed E-state index contributed by atoms with van der Waals surface area (Å²) in [5, 5.41) is 3.02. The lowest BCUT2D eigenvalue weighted by molar-refractivity contribution is -0.131. The summed E-state index contributed by atoms with van der Waals surface area (Å²) in [6.45, 7) is 1.54.